The third kappa shape index (κ3) is 7.22. The monoisotopic (exact) mass is 334 g/mol. The quantitative estimate of drug-likeness (QED) is 0.611. The fourth-order valence-electron chi connectivity index (χ4n) is 2.54. The lowest BCUT2D eigenvalue weighted by molar-refractivity contribution is -0.137. The molecule has 0 radical (unpaired) electrons. The Labute approximate surface area is 132 Å². The molecule has 1 heterocycles. The average Bonchev–Trinajstić information content (AvgIpc) is 2.43. The number of sulfonamides is 1. The maximum Gasteiger partial charge on any atom is 0.303 e. The smallest absolute Gasteiger partial charge is 0.303 e. The van der Waals surface area contributed by atoms with Crippen LogP contribution >= 0.6 is 0 Å². The summed E-state index contributed by atoms with van der Waals surface area (Å²) in [5.41, 5.74) is 0. The second-order valence-electron chi connectivity index (χ2n) is 5.69. The van der Waals surface area contributed by atoms with Gasteiger partial charge in [0.25, 0.3) is 0 Å². The zero-order valence-corrected chi connectivity index (χ0v) is 13.9. The molecule has 1 amide bonds. The Bertz CT molecular complexity index is 470. The Balaban J connectivity index is 2.27. The Kier molecular flexibility index (Phi) is 7.81. The van der Waals surface area contributed by atoms with Gasteiger partial charge in [-0.05, 0) is 32.1 Å². The van der Waals surface area contributed by atoms with E-state index in [9.17, 15) is 18.0 Å². The minimum Gasteiger partial charge on any atom is -0.481 e. The second kappa shape index (κ2) is 9.09. The molecule has 1 aliphatic heterocycles. The zero-order valence-electron chi connectivity index (χ0n) is 13.1. The SMILES string of the molecule is CCCS(=O)(=O)NC1CCN(C(=O)CCCCC(=O)O)CC1. The van der Waals surface area contributed by atoms with E-state index < -0.39 is 16.0 Å². The number of hydrogen-bond donors (Lipinski definition) is 2. The van der Waals surface area contributed by atoms with Gasteiger partial charge in [0.05, 0.1) is 5.75 Å². The van der Waals surface area contributed by atoms with E-state index in [0.29, 0.717) is 51.6 Å². The first kappa shape index (κ1) is 18.9. The van der Waals surface area contributed by atoms with Crippen LogP contribution in [0.25, 0.3) is 0 Å². The van der Waals surface area contributed by atoms with Crippen LogP contribution < -0.4 is 4.72 Å². The van der Waals surface area contributed by atoms with Crippen molar-refractivity contribution in [2.75, 3.05) is 18.8 Å². The van der Waals surface area contributed by atoms with Gasteiger partial charge in [-0.15, -0.1) is 0 Å². The summed E-state index contributed by atoms with van der Waals surface area (Å²) in [6.07, 6.45) is 3.38. The summed E-state index contributed by atoms with van der Waals surface area (Å²) in [6.45, 7) is 2.93. The molecule has 0 aliphatic carbocycles. The summed E-state index contributed by atoms with van der Waals surface area (Å²) in [6, 6.07) is -0.0902. The first-order chi connectivity index (χ1) is 10.3. The fourth-order valence-corrected chi connectivity index (χ4v) is 3.94. The number of likely N-dealkylation sites (tertiary alicyclic amines) is 1. The van der Waals surface area contributed by atoms with Crippen molar-refractivity contribution >= 4 is 21.9 Å². The number of carbonyl (C=O) groups is 2. The third-order valence-corrected chi connectivity index (χ3v) is 5.34. The normalized spacial score (nSPS) is 16.7. The molecule has 0 saturated carbocycles. The summed E-state index contributed by atoms with van der Waals surface area (Å²) >= 11 is 0. The number of nitrogens with zero attached hydrogens (tertiary/aromatic N) is 1. The number of aliphatic carboxylic acids is 1. The van der Waals surface area contributed by atoms with Crippen LogP contribution in [0.4, 0.5) is 0 Å². The lowest BCUT2D eigenvalue weighted by Gasteiger charge is -2.32. The van der Waals surface area contributed by atoms with E-state index in [-0.39, 0.29) is 24.1 Å². The Morgan fingerprint density at radius 2 is 1.77 bits per heavy atom. The molecule has 0 aromatic carbocycles. The molecule has 0 atom stereocenters. The standard InChI is InChI=1S/C14H26N2O5S/c1-2-11-22(20,21)15-12-7-9-16(10-8-12)13(17)5-3-4-6-14(18)19/h12,15H,2-11H2,1H3,(H,18,19). The van der Waals surface area contributed by atoms with Gasteiger partial charge in [-0.3, -0.25) is 9.59 Å². The molecule has 22 heavy (non-hydrogen) atoms. The Morgan fingerprint density at radius 1 is 1.18 bits per heavy atom. The minimum absolute atomic E-state index is 0.0280. The molecule has 7 nitrogen and oxygen atoms in total. The van der Waals surface area contributed by atoms with Crippen molar-refractivity contribution in [2.24, 2.45) is 0 Å². The van der Waals surface area contributed by atoms with Gasteiger partial charge in [-0.2, -0.15) is 0 Å². The first-order valence-corrected chi connectivity index (χ1v) is 9.49. The van der Waals surface area contributed by atoms with Crippen molar-refractivity contribution in [3.05, 3.63) is 0 Å². The van der Waals surface area contributed by atoms with E-state index in [1.165, 1.54) is 0 Å². The van der Waals surface area contributed by atoms with Crippen LogP contribution in [0.3, 0.4) is 0 Å². The maximum absolute atomic E-state index is 12.0. The van der Waals surface area contributed by atoms with Crippen molar-refractivity contribution in [3.63, 3.8) is 0 Å². The summed E-state index contributed by atoms with van der Waals surface area (Å²) in [5, 5.41) is 8.54. The summed E-state index contributed by atoms with van der Waals surface area (Å²) < 4.78 is 26.1. The molecule has 0 bridgehead atoms. The minimum atomic E-state index is -3.20. The van der Waals surface area contributed by atoms with Crippen molar-refractivity contribution in [1.82, 2.24) is 9.62 Å². The predicted octanol–water partition coefficient (Wildman–Crippen LogP) is 0.952. The van der Waals surface area contributed by atoms with Crippen molar-refractivity contribution in [2.45, 2.75) is 57.9 Å². The van der Waals surface area contributed by atoms with Crippen LogP contribution in [-0.2, 0) is 19.6 Å². The molecule has 8 heteroatoms. The molecular weight excluding hydrogens is 308 g/mol. The van der Waals surface area contributed by atoms with Gasteiger partial charge in [0.1, 0.15) is 0 Å². The topological polar surface area (TPSA) is 104 Å². The number of nitrogens with one attached hydrogen (secondary N) is 1. The summed E-state index contributed by atoms with van der Waals surface area (Å²) in [7, 11) is -3.20. The summed E-state index contributed by atoms with van der Waals surface area (Å²) in [5.74, 6) is -0.678. The van der Waals surface area contributed by atoms with Gasteiger partial charge in [0.2, 0.25) is 15.9 Å². The number of hydrogen-bond acceptors (Lipinski definition) is 4. The second-order valence-corrected chi connectivity index (χ2v) is 7.57. The number of rotatable bonds is 9. The predicted molar refractivity (Wildman–Crippen MR) is 82.9 cm³/mol. The van der Waals surface area contributed by atoms with Gasteiger partial charge < -0.3 is 10.0 Å². The van der Waals surface area contributed by atoms with E-state index in [1.54, 1.807) is 4.90 Å². The highest BCUT2D eigenvalue weighted by Crippen LogP contribution is 2.14. The molecule has 1 saturated heterocycles. The van der Waals surface area contributed by atoms with E-state index in [0.717, 1.165) is 0 Å². The fraction of sp³-hybridized carbons (Fsp3) is 0.857. The van der Waals surface area contributed by atoms with E-state index in [2.05, 4.69) is 4.72 Å². The number of piperidine rings is 1. The van der Waals surface area contributed by atoms with Crippen LogP contribution in [0.5, 0.6) is 0 Å². The third-order valence-electron chi connectivity index (χ3n) is 3.70. The molecule has 1 aliphatic rings. The first-order valence-electron chi connectivity index (χ1n) is 7.83. The summed E-state index contributed by atoms with van der Waals surface area (Å²) in [4.78, 5) is 24.1. The molecule has 1 fully saturated rings. The zero-order chi connectivity index (χ0) is 16.6. The number of carboxylic acid groups (broad SMARTS) is 1. The number of amides is 1. The lowest BCUT2D eigenvalue weighted by Crippen LogP contribution is -2.46. The van der Waals surface area contributed by atoms with Gasteiger partial charge in [0.15, 0.2) is 0 Å². The molecular formula is C14H26N2O5S. The van der Waals surface area contributed by atoms with E-state index in [4.69, 9.17) is 5.11 Å². The van der Waals surface area contributed by atoms with Gasteiger partial charge in [-0.1, -0.05) is 6.92 Å². The van der Waals surface area contributed by atoms with Crippen molar-refractivity contribution in [1.29, 1.82) is 0 Å². The number of unbranched alkanes of at least 4 members (excludes halogenated alkanes) is 1. The van der Waals surface area contributed by atoms with Crippen LogP contribution in [0.15, 0.2) is 0 Å². The van der Waals surface area contributed by atoms with Crippen molar-refractivity contribution < 1.29 is 23.1 Å². The molecule has 0 aromatic heterocycles. The van der Waals surface area contributed by atoms with Crippen LogP contribution in [0.2, 0.25) is 0 Å². The van der Waals surface area contributed by atoms with Crippen molar-refractivity contribution in [3.8, 4) is 0 Å². The molecule has 0 unspecified atom stereocenters. The largest absolute Gasteiger partial charge is 0.481 e. The van der Waals surface area contributed by atoms with Crippen LogP contribution in [-0.4, -0.2) is 55.2 Å². The van der Waals surface area contributed by atoms with Crippen LogP contribution in [0.1, 0.15) is 51.9 Å². The Hall–Kier alpha value is -1.15. The maximum atomic E-state index is 12.0. The van der Waals surface area contributed by atoms with Gasteiger partial charge in [-0.25, -0.2) is 13.1 Å². The highest BCUT2D eigenvalue weighted by atomic mass is 32.2. The van der Waals surface area contributed by atoms with Gasteiger partial charge in [0, 0.05) is 32.0 Å². The number of carbonyl (C=O) groups excluding carboxylic acids is 1. The average molecular weight is 334 g/mol. The Morgan fingerprint density at radius 3 is 2.32 bits per heavy atom. The van der Waals surface area contributed by atoms with E-state index >= 15 is 0 Å². The van der Waals surface area contributed by atoms with Crippen LogP contribution in [0, 0.1) is 0 Å². The molecule has 0 aromatic rings. The molecule has 1 rings (SSSR count). The highest BCUT2D eigenvalue weighted by Gasteiger charge is 2.25. The highest BCUT2D eigenvalue weighted by molar-refractivity contribution is 7.89. The number of carboxylic acids is 1. The van der Waals surface area contributed by atoms with E-state index in [1.807, 2.05) is 6.92 Å². The molecule has 0 spiro atoms. The molecule has 128 valence electrons. The van der Waals surface area contributed by atoms with Gasteiger partial charge >= 0.3 is 5.97 Å². The molecule has 2 N–H and O–H groups in total. The lowest BCUT2D eigenvalue weighted by atomic mass is 10.1.